The van der Waals surface area contributed by atoms with Crippen molar-refractivity contribution in [3.05, 3.63) is 18.3 Å². The van der Waals surface area contributed by atoms with Crippen LogP contribution in [0.15, 0.2) is 18.3 Å². The van der Waals surface area contributed by atoms with Gasteiger partial charge >= 0.3 is 60.4 Å². The second-order valence-electron chi connectivity index (χ2n) is 1.16. The van der Waals surface area contributed by atoms with E-state index in [1.807, 2.05) is 0 Å². The summed E-state index contributed by atoms with van der Waals surface area (Å²) in [5.41, 5.74) is 0. The molecule has 9 heavy (non-hydrogen) atoms. The standard InChI is InChI=1S/C4H4N2O.H2O.Sn/c7-4-2-1-3-5-6-4;;/h1-3H,(H,6,7);1H2;/q;;+1/p-1. The van der Waals surface area contributed by atoms with Crippen LogP contribution in [-0.2, 0) is 0 Å². The molecule has 0 bridgehead atoms. The van der Waals surface area contributed by atoms with Crippen molar-refractivity contribution in [2.75, 3.05) is 0 Å². The molecule has 2 N–H and O–H groups in total. The Morgan fingerprint density at radius 1 is 1.56 bits per heavy atom. The van der Waals surface area contributed by atoms with Gasteiger partial charge in [-0.05, 0) is 0 Å². The van der Waals surface area contributed by atoms with Gasteiger partial charge in [0.05, 0.1) is 0 Å². The van der Waals surface area contributed by atoms with Gasteiger partial charge in [0.15, 0.2) is 0 Å². The summed E-state index contributed by atoms with van der Waals surface area (Å²) >= 11 is 0.986. The first-order valence-electron chi connectivity index (χ1n) is 2.05. The normalized spacial score (nSPS) is 7.67. The minimum absolute atomic E-state index is 0. The van der Waals surface area contributed by atoms with E-state index < -0.39 is 0 Å². The van der Waals surface area contributed by atoms with E-state index in [0.717, 1.165) is 22.9 Å². The summed E-state index contributed by atoms with van der Waals surface area (Å²) in [7, 11) is 0. The Balaban J connectivity index is 0.000000640. The van der Waals surface area contributed by atoms with Crippen molar-refractivity contribution in [3.8, 4) is 5.88 Å². The zero-order valence-electron chi connectivity index (χ0n) is 4.53. The number of rotatable bonds is 1. The summed E-state index contributed by atoms with van der Waals surface area (Å²) in [6, 6.07) is 3.55. The third kappa shape index (κ3) is 2.61. The molecule has 0 aliphatic carbocycles. The van der Waals surface area contributed by atoms with E-state index in [1.54, 1.807) is 18.3 Å². The summed E-state index contributed by atoms with van der Waals surface area (Å²) in [5, 5.41) is 7.24. The van der Waals surface area contributed by atoms with Gasteiger partial charge in [0.25, 0.3) is 0 Å². The van der Waals surface area contributed by atoms with E-state index in [1.165, 1.54) is 0 Å². The number of nitrogens with zero attached hydrogens (tertiary/aromatic N) is 2. The van der Waals surface area contributed by atoms with Crippen LogP contribution in [0.1, 0.15) is 0 Å². The molecular weight excluding hydrogens is 227 g/mol. The van der Waals surface area contributed by atoms with Crippen LogP contribution in [0.4, 0.5) is 0 Å². The van der Waals surface area contributed by atoms with Crippen LogP contribution in [0.5, 0.6) is 5.88 Å². The van der Waals surface area contributed by atoms with Gasteiger partial charge in [-0.25, -0.2) is 0 Å². The summed E-state index contributed by atoms with van der Waals surface area (Å²) in [5.74, 6) is 0.589. The van der Waals surface area contributed by atoms with Crippen molar-refractivity contribution < 1.29 is 8.55 Å². The predicted octanol–water partition coefficient (Wildman–Crippen LogP) is -0.886. The summed E-state index contributed by atoms with van der Waals surface area (Å²) in [6.45, 7) is 0. The van der Waals surface area contributed by atoms with Gasteiger partial charge in [-0.3, -0.25) is 0 Å². The molecule has 0 atom stereocenters. The first-order valence-corrected chi connectivity index (χ1v) is 3.21. The molecule has 0 spiro atoms. The summed E-state index contributed by atoms with van der Waals surface area (Å²) < 4.78 is 4.83. The quantitative estimate of drug-likeness (QED) is 0.590. The second kappa shape index (κ2) is 4.51. The van der Waals surface area contributed by atoms with Crippen LogP contribution in [0.2, 0.25) is 0 Å². The van der Waals surface area contributed by atoms with Crippen LogP contribution in [0.25, 0.3) is 0 Å². The summed E-state index contributed by atoms with van der Waals surface area (Å²) in [4.78, 5) is 0. The molecule has 0 saturated carbocycles. The van der Waals surface area contributed by atoms with E-state index in [9.17, 15) is 0 Å². The van der Waals surface area contributed by atoms with Crippen molar-refractivity contribution in [3.63, 3.8) is 0 Å². The van der Waals surface area contributed by atoms with Gasteiger partial charge in [0, 0.05) is 0 Å². The van der Waals surface area contributed by atoms with Crippen LogP contribution in [0.3, 0.4) is 0 Å². The van der Waals surface area contributed by atoms with Crippen LogP contribution in [-0.4, -0.2) is 38.6 Å². The maximum atomic E-state index is 4.83. The van der Waals surface area contributed by atoms with Crippen molar-refractivity contribution in [1.29, 1.82) is 0 Å². The van der Waals surface area contributed by atoms with Gasteiger partial charge < -0.3 is 5.48 Å². The Morgan fingerprint density at radius 3 is 2.67 bits per heavy atom. The first-order chi connectivity index (χ1) is 3.93. The predicted molar refractivity (Wildman–Crippen MR) is 32.0 cm³/mol. The molecule has 0 saturated heterocycles. The van der Waals surface area contributed by atoms with Gasteiger partial charge in [0.1, 0.15) is 0 Å². The zero-order chi connectivity index (χ0) is 5.82. The average Bonchev–Trinajstić information content (AvgIpc) is 1.90. The fourth-order valence-corrected chi connectivity index (χ4v) is 0.653. The second-order valence-corrected chi connectivity index (χ2v) is 1.75. The Morgan fingerprint density at radius 2 is 2.33 bits per heavy atom. The molecule has 0 amide bonds. The van der Waals surface area contributed by atoms with Crippen molar-refractivity contribution in [2.45, 2.75) is 0 Å². The van der Waals surface area contributed by atoms with Gasteiger partial charge in [0.2, 0.25) is 0 Å². The number of aromatic nitrogens is 2. The average molecular weight is 232 g/mol. The summed E-state index contributed by atoms with van der Waals surface area (Å²) in [6.07, 6.45) is 1.61. The Kier molecular flexibility index (Phi) is 4.33. The van der Waals surface area contributed by atoms with Gasteiger partial charge in [-0.15, -0.1) is 0 Å². The zero-order valence-corrected chi connectivity index (χ0v) is 7.39. The fraction of sp³-hybridized carbons (Fsp3) is 0. The molecule has 47 valence electrons. The van der Waals surface area contributed by atoms with E-state index in [0.29, 0.717) is 5.88 Å². The SMILES string of the molecule is O.[Sn][O]c1cccnn1. The molecule has 1 rings (SSSR count). The topological polar surface area (TPSA) is 66.5 Å². The van der Waals surface area contributed by atoms with Crippen LogP contribution >= 0.6 is 0 Å². The molecule has 1 heterocycles. The molecule has 0 fully saturated rings. The number of hydrogen-bond acceptors (Lipinski definition) is 3. The minimum atomic E-state index is 0. The third-order valence-corrected chi connectivity index (χ3v) is 1.25. The van der Waals surface area contributed by atoms with Gasteiger partial charge in [-0.2, -0.15) is 0 Å². The first kappa shape index (κ1) is 8.64. The molecular formula is C4H5N2O2Sn. The van der Waals surface area contributed by atoms with Crippen molar-refractivity contribution in [2.24, 2.45) is 0 Å². The maximum absolute atomic E-state index is 4.83. The van der Waals surface area contributed by atoms with Crippen LogP contribution < -0.4 is 3.07 Å². The molecule has 0 aliphatic rings. The van der Waals surface area contributed by atoms with Crippen molar-refractivity contribution >= 4 is 22.9 Å². The Labute approximate surface area is 66.2 Å². The molecule has 0 aromatic carbocycles. The van der Waals surface area contributed by atoms with E-state index in [2.05, 4.69) is 10.2 Å². The van der Waals surface area contributed by atoms with Crippen molar-refractivity contribution in [1.82, 2.24) is 10.2 Å². The molecule has 0 unspecified atom stereocenters. The fourth-order valence-electron chi connectivity index (χ4n) is 0.342. The monoisotopic (exact) mass is 233 g/mol. The molecule has 4 nitrogen and oxygen atoms in total. The Hall–Kier alpha value is -0.361. The molecule has 0 aliphatic heterocycles. The molecule has 3 radical (unpaired) electrons. The van der Waals surface area contributed by atoms with E-state index >= 15 is 0 Å². The van der Waals surface area contributed by atoms with E-state index in [4.69, 9.17) is 3.07 Å². The Bertz CT molecular complexity index is 158. The van der Waals surface area contributed by atoms with E-state index in [-0.39, 0.29) is 5.48 Å². The third-order valence-electron chi connectivity index (χ3n) is 0.652. The van der Waals surface area contributed by atoms with Crippen LogP contribution in [0, 0.1) is 0 Å². The molecule has 1 aromatic rings. The van der Waals surface area contributed by atoms with Gasteiger partial charge in [-0.1, -0.05) is 0 Å². The molecule has 1 aromatic heterocycles. The molecule has 5 heteroatoms. The number of hydrogen-bond donors (Lipinski definition) is 0.